The normalized spacial score (nSPS) is 15.0. The largest absolute Gasteiger partial charge is 0.497 e. The molecule has 0 bridgehead atoms. The standard InChI is InChI=1S/C25H32N2O4/c1-19(25(29)26-21-9-5-3-6-10-21)27(17-20-13-15-22(30-2)16-14-20)24(28)18-31-23-11-7-4-8-12-23/h4,7-8,11-16,19,21H,3,5-6,9-10,17-18H2,1-2H3,(H,26,29). The first-order chi connectivity index (χ1) is 15.1. The molecule has 6 heteroatoms. The first-order valence-corrected chi connectivity index (χ1v) is 11.0. The molecule has 31 heavy (non-hydrogen) atoms. The molecule has 0 aromatic heterocycles. The number of amides is 2. The van der Waals surface area contributed by atoms with Crippen molar-refractivity contribution < 1.29 is 19.1 Å². The molecule has 2 amide bonds. The molecule has 1 atom stereocenters. The van der Waals surface area contributed by atoms with Crippen molar-refractivity contribution in [3.8, 4) is 11.5 Å². The average molecular weight is 425 g/mol. The van der Waals surface area contributed by atoms with Gasteiger partial charge in [0.15, 0.2) is 6.61 Å². The lowest BCUT2D eigenvalue weighted by Gasteiger charge is -2.31. The first kappa shape index (κ1) is 22.7. The summed E-state index contributed by atoms with van der Waals surface area (Å²) < 4.78 is 10.9. The summed E-state index contributed by atoms with van der Waals surface area (Å²) in [6.45, 7) is 1.98. The fourth-order valence-corrected chi connectivity index (χ4v) is 3.82. The van der Waals surface area contributed by atoms with Gasteiger partial charge < -0.3 is 19.7 Å². The minimum atomic E-state index is -0.601. The first-order valence-electron chi connectivity index (χ1n) is 11.0. The minimum Gasteiger partial charge on any atom is -0.497 e. The third kappa shape index (κ3) is 6.74. The van der Waals surface area contributed by atoms with E-state index in [0.717, 1.165) is 37.0 Å². The summed E-state index contributed by atoms with van der Waals surface area (Å²) in [7, 11) is 1.61. The van der Waals surface area contributed by atoms with Gasteiger partial charge in [0, 0.05) is 12.6 Å². The second-order valence-corrected chi connectivity index (χ2v) is 7.99. The Labute approximate surface area is 184 Å². The lowest BCUT2D eigenvalue weighted by molar-refractivity contribution is -0.142. The van der Waals surface area contributed by atoms with E-state index in [-0.39, 0.29) is 24.5 Å². The van der Waals surface area contributed by atoms with Crippen LogP contribution in [0.5, 0.6) is 11.5 Å². The summed E-state index contributed by atoms with van der Waals surface area (Å²) in [4.78, 5) is 27.6. The Morgan fingerprint density at radius 1 is 1.00 bits per heavy atom. The van der Waals surface area contributed by atoms with Crippen molar-refractivity contribution in [2.24, 2.45) is 0 Å². The molecule has 0 spiro atoms. The molecule has 1 aliphatic rings. The number of ether oxygens (including phenoxy) is 2. The van der Waals surface area contributed by atoms with E-state index in [0.29, 0.717) is 12.3 Å². The van der Waals surface area contributed by atoms with Gasteiger partial charge in [0.2, 0.25) is 5.91 Å². The van der Waals surface area contributed by atoms with Gasteiger partial charge in [-0.2, -0.15) is 0 Å². The van der Waals surface area contributed by atoms with Crippen molar-refractivity contribution in [1.29, 1.82) is 0 Å². The number of benzene rings is 2. The number of carbonyl (C=O) groups is 2. The van der Waals surface area contributed by atoms with Gasteiger partial charge in [-0.1, -0.05) is 49.6 Å². The van der Waals surface area contributed by atoms with Crippen LogP contribution in [0.1, 0.15) is 44.6 Å². The van der Waals surface area contributed by atoms with Gasteiger partial charge in [-0.3, -0.25) is 9.59 Å². The van der Waals surface area contributed by atoms with E-state index < -0.39 is 6.04 Å². The molecule has 1 fully saturated rings. The van der Waals surface area contributed by atoms with Gasteiger partial charge in [0.05, 0.1) is 7.11 Å². The van der Waals surface area contributed by atoms with Crippen molar-refractivity contribution in [2.45, 2.75) is 57.7 Å². The van der Waals surface area contributed by atoms with Crippen LogP contribution in [0.2, 0.25) is 0 Å². The summed E-state index contributed by atoms with van der Waals surface area (Å²) in [5, 5.41) is 3.14. The summed E-state index contributed by atoms with van der Waals surface area (Å²) in [6, 6.07) is 16.3. The van der Waals surface area contributed by atoms with Crippen LogP contribution in [-0.4, -0.2) is 42.5 Å². The van der Waals surface area contributed by atoms with E-state index in [9.17, 15) is 9.59 Å². The maximum absolute atomic E-state index is 13.1. The van der Waals surface area contributed by atoms with Crippen LogP contribution in [-0.2, 0) is 16.1 Å². The third-order valence-corrected chi connectivity index (χ3v) is 5.74. The maximum Gasteiger partial charge on any atom is 0.261 e. The van der Waals surface area contributed by atoms with Crippen LogP contribution in [0, 0.1) is 0 Å². The number of rotatable bonds is 9. The number of hydrogen-bond acceptors (Lipinski definition) is 4. The zero-order valence-corrected chi connectivity index (χ0v) is 18.4. The van der Waals surface area contributed by atoms with E-state index in [1.165, 1.54) is 6.42 Å². The molecule has 0 aliphatic heterocycles. The molecule has 1 unspecified atom stereocenters. The molecule has 0 saturated heterocycles. The summed E-state index contributed by atoms with van der Waals surface area (Å²) in [6.07, 6.45) is 5.50. The average Bonchev–Trinajstić information content (AvgIpc) is 2.82. The molecular formula is C25H32N2O4. The molecule has 1 aliphatic carbocycles. The van der Waals surface area contributed by atoms with E-state index in [1.807, 2.05) is 42.5 Å². The van der Waals surface area contributed by atoms with Crippen LogP contribution < -0.4 is 14.8 Å². The number of nitrogens with zero attached hydrogens (tertiary/aromatic N) is 1. The number of carbonyl (C=O) groups excluding carboxylic acids is 2. The molecule has 6 nitrogen and oxygen atoms in total. The van der Waals surface area contributed by atoms with Gasteiger partial charge in [-0.25, -0.2) is 0 Å². The maximum atomic E-state index is 13.1. The van der Waals surface area contributed by atoms with Crippen molar-refractivity contribution in [2.75, 3.05) is 13.7 Å². The lowest BCUT2D eigenvalue weighted by atomic mass is 9.95. The summed E-state index contributed by atoms with van der Waals surface area (Å²) in [5.41, 5.74) is 0.922. The second-order valence-electron chi connectivity index (χ2n) is 7.99. The molecule has 0 heterocycles. The van der Waals surface area contributed by atoms with E-state index in [2.05, 4.69) is 5.32 Å². The quantitative estimate of drug-likeness (QED) is 0.662. The minimum absolute atomic E-state index is 0.117. The fourth-order valence-electron chi connectivity index (χ4n) is 3.82. The molecule has 2 aromatic carbocycles. The van der Waals surface area contributed by atoms with Crippen LogP contribution in [0.25, 0.3) is 0 Å². The highest BCUT2D eigenvalue weighted by atomic mass is 16.5. The smallest absolute Gasteiger partial charge is 0.261 e. The molecule has 166 valence electrons. The molecular weight excluding hydrogens is 392 g/mol. The van der Waals surface area contributed by atoms with Crippen LogP contribution in [0.15, 0.2) is 54.6 Å². The zero-order chi connectivity index (χ0) is 22.1. The number of para-hydroxylation sites is 1. The van der Waals surface area contributed by atoms with Gasteiger partial charge in [0.25, 0.3) is 5.91 Å². The van der Waals surface area contributed by atoms with Crippen LogP contribution in [0.3, 0.4) is 0 Å². The van der Waals surface area contributed by atoms with E-state index in [1.54, 1.807) is 31.1 Å². The highest BCUT2D eigenvalue weighted by Crippen LogP contribution is 2.19. The Balaban J connectivity index is 1.69. The summed E-state index contributed by atoms with van der Waals surface area (Å²) >= 11 is 0. The molecule has 0 radical (unpaired) electrons. The molecule has 1 saturated carbocycles. The Morgan fingerprint density at radius 2 is 1.68 bits per heavy atom. The number of hydrogen-bond donors (Lipinski definition) is 1. The van der Waals surface area contributed by atoms with Crippen molar-refractivity contribution >= 4 is 11.8 Å². The predicted octanol–water partition coefficient (Wildman–Crippen LogP) is 3.94. The monoisotopic (exact) mass is 424 g/mol. The molecule has 1 N–H and O–H groups in total. The van der Waals surface area contributed by atoms with E-state index in [4.69, 9.17) is 9.47 Å². The number of methoxy groups -OCH3 is 1. The Kier molecular flexibility index (Phi) is 8.33. The fraction of sp³-hybridized carbons (Fsp3) is 0.440. The Bertz CT molecular complexity index is 832. The predicted molar refractivity (Wildman–Crippen MR) is 120 cm³/mol. The van der Waals surface area contributed by atoms with Gasteiger partial charge in [0.1, 0.15) is 17.5 Å². The Morgan fingerprint density at radius 3 is 2.32 bits per heavy atom. The van der Waals surface area contributed by atoms with Gasteiger partial charge in [-0.05, 0) is 49.6 Å². The van der Waals surface area contributed by atoms with Gasteiger partial charge in [-0.15, -0.1) is 0 Å². The van der Waals surface area contributed by atoms with Gasteiger partial charge >= 0.3 is 0 Å². The van der Waals surface area contributed by atoms with Crippen LogP contribution in [0.4, 0.5) is 0 Å². The van der Waals surface area contributed by atoms with Crippen molar-refractivity contribution in [3.05, 3.63) is 60.2 Å². The lowest BCUT2D eigenvalue weighted by Crippen LogP contribution is -2.51. The topological polar surface area (TPSA) is 67.9 Å². The third-order valence-electron chi connectivity index (χ3n) is 5.74. The Hall–Kier alpha value is -3.02. The zero-order valence-electron chi connectivity index (χ0n) is 18.4. The summed E-state index contributed by atoms with van der Waals surface area (Å²) in [5.74, 6) is 1.02. The molecule has 3 rings (SSSR count). The second kappa shape index (κ2) is 11.4. The highest BCUT2D eigenvalue weighted by Gasteiger charge is 2.28. The number of nitrogens with one attached hydrogen (secondary N) is 1. The SMILES string of the molecule is COc1ccc(CN(C(=O)COc2ccccc2)C(C)C(=O)NC2CCCCC2)cc1. The molecule has 2 aromatic rings. The van der Waals surface area contributed by atoms with Crippen molar-refractivity contribution in [1.82, 2.24) is 10.2 Å². The van der Waals surface area contributed by atoms with Crippen molar-refractivity contribution in [3.63, 3.8) is 0 Å². The van der Waals surface area contributed by atoms with Crippen LogP contribution >= 0.6 is 0 Å². The van der Waals surface area contributed by atoms with E-state index >= 15 is 0 Å². The highest BCUT2D eigenvalue weighted by molar-refractivity contribution is 5.88.